The lowest BCUT2D eigenvalue weighted by atomic mass is 9.54. The van der Waals surface area contributed by atoms with Gasteiger partial charge in [0.05, 0.1) is 5.69 Å². The lowest BCUT2D eigenvalue weighted by Crippen LogP contribution is -2.43. The summed E-state index contributed by atoms with van der Waals surface area (Å²) in [5.74, 6) is 0.383. The minimum atomic E-state index is 0.0631. The number of rotatable bonds is 0. The molecule has 1 nitrogen and oxygen atoms in total. The topological polar surface area (TPSA) is 12.9 Å². The number of hydrogen-bond donors (Lipinski definition) is 0. The van der Waals surface area contributed by atoms with E-state index < -0.39 is 0 Å². The molecule has 0 saturated heterocycles. The van der Waals surface area contributed by atoms with Crippen molar-refractivity contribution in [3.8, 4) is 22.4 Å². The molecule has 2 aliphatic carbocycles. The summed E-state index contributed by atoms with van der Waals surface area (Å²) < 4.78 is 0. The van der Waals surface area contributed by atoms with Crippen LogP contribution in [0, 0.1) is 0 Å². The molecule has 130 valence electrons. The molecule has 0 fully saturated rings. The molecule has 26 heavy (non-hydrogen) atoms. The summed E-state index contributed by atoms with van der Waals surface area (Å²) in [5, 5.41) is 0. The fourth-order valence-electron chi connectivity index (χ4n) is 5.15. The number of aromatic nitrogens is 1. The van der Waals surface area contributed by atoms with Crippen LogP contribution in [0.4, 0.5) is 0 Å². The second kappa shape index (κ2) is 4.85. The van der Waals surface area contributed by atoms with Crippen molar-refractivity contribution in [2.45, 2.75) is 51.4 Å². The first-order valence-electron chi connectivity index (χ1n) is 9.58. The summed E-state index contributed by atoms with van der Waals surface area (Å²) >= 11 is 0. The maximum Gasteiger partial charge on any atom is 0.0743 e. The van der Waals surface area contributed by atoms with E-state index in [1.165, 1.54) is 38.9 Å². The number of benzene rings is 2. The van der Waals surface area contributed by atoms with E-state index in [0.29, 0.717) is 5.92 Å². The molecular weight excluding hydrogens is 314 g/mol. The van der Waals surface area contributed by atoms with E-state index in [0.717, 1.165) is 5.69 Å². The van der Waals surface area contributed by atoms with Gasteiger partial charge in [-0.25, -0.2) is 0 Å². The van der Waals surface area contributed by atoms with Crippen LogP contribution in [0.1, 0.15) is 62.8 Å². The van der Waals surface area contributed by atoms with Gasteiger partial charge in [0.1, 0.15) is 0 Å². The highest BCUT2D eigenvalue weighted by Gasteiger charge is 2.47. The Kier molecular flexibility index (Phi) is 2.95. The van der Waals surface area contributed by atoms with Crippen LogP contribution < -0.4 is 0 Å². The zero-order valence-electron chi connectivity index (χ0n) is 16.2. The Morgan fingerprint density at radius 2 is 1.50 bits per heavy atom. The van der Waals surface area contributed by atoms with Gasteiger partial charge in [0.2, 0.25) is 0 Å². The highest BCUT2D eigenvalue weighted by atomic mass is 14.7. The number of pyridine rings is 1. The lowest BCUT2D eigenvalue weighted by Gasteiger charge is -2.49. The Bertz CT molecular complexity index is 1060. The van der Waals surface area contributed by atoms with Gasteiger partial charge in [-0.3, -0.25) is 4.98 Å². The van der Waals surface area contributed by atoms with E-state index >= 15 is 0 Å². The van der Waals surface area contributed by atoms with E-state index in [-0.39, 0.29) is 10.8 Å². The zero-order chi connectivity index (χ0) is 18.3. The molecule has 0 saturated carbocycles. The average Bonchev–Trinajstić information content (AvgIpc) is 2.93. The van der Waals surface area contributed by atoms with Gasteiger partial charge in [-0.05, 0) is 50.3 Å². The van der Waals surface area contributed by atoms with Crippen molar-refractivity contribution in [2.75, 3.05) is 0 Å². The molecule has 0 radical (unpaired) electrons. The quantitative estimate of drug-likeness (QED) is 0.458. The fraction of sp³-hybridized carbons (Fsp3) is 0.320. The van der Waals surface area contributed by atoms with E-state index in [9.17, 15) is 0 Å². The molecule has 0 N–H and O–H groups in total. The average molecular weight is 339 g/mol. The van der Waals surface area contributed by atoms with Crippen molar-refractivity contribution in [2.24, 2.45) is 0 Å². The maximum atomic E-state index is 4.72. The third-order valence-electron chi connectivity index (χ3n) is 7.34. The summed E-state index contributed by atoms with van der Waals surface area (Å²) in [6.45, 7) is 11.9. The standard InChI is InChI=1S/C25H25N/c1-15-16-10-8-14-26-23(16)18-12-13-20-22(21(15)18)17-9-6-7-11-19(17)24(2,3)25(20,4)5/h6-15H,1-5H3. The van der Waals surface area contributed by atoms with Crippen LogP contribution >= 0.6 is 0 Å². The Morgan fingerprint density at radius 1 is 0.769 bits per heavy atom. The Hall–Kier alpha value is -2.41. The predicted molar refractivity (Wildman–Crippen MR) is 109 cm³/mol. The van der Waals surface area contributed by atoms with Gasteiger partial charge in [0, 0.05) is 17.7 Å². The van der Waals surface area contributed by atoms with Crippen LogP contribution in [0.25, 0.3) is 22.4 Å². The summed E-state index contributed by atoms with van der Waals surface area (Å²) in [6, 6.07) is 18.0. The smallest absolute Gasteiger partial charge is 0.0743 e. The second-order valence-electron chi connectivity index (χ2n) is 8.91. The van der Waals surface area contributed by atoms with Crippen LogP contribution in [0.2, 0.25) is 0 Å². The summed E-state index contributed by atoms with van der Waals surface area (Å²) in [7, 11) is 0. The normalized spacial score (nSPS) is 20.7. The van der Waals surface area contributed by atoms with E-state index in [2.05, 4.69) is 83.1 Å². The van der Waals surface area contributed by atoms with Gasteiger partial charge >= 0.3 is 0 Å². The molecule has 1 atom stereocenters. The minimum absolute atomic E-state index is 0.0631. The van der Waals surface area contributed by atoms with Crippen molar-refractivity contribution in [1.29, 1.82) is 0 Å². The monoisotopic (exact) mass is 339 g/mol. The molecule has 0 amide bonds. The predicted octanol–water partition coefficient (Wildman–Crippen LogP) is 6.45. The molecule has 1 heteroatoms. The minimum Gasteiger partial charge on any atom is -0.256 e. The molecule has 0 bridgehead atoms. The van der Waals surface area contributed by atoms with Gasteiger partial charge in [-0.2, -0.15) is 0 Å². The van der Waals surface area contributed by atoms with Gasteiger partial charge in [0.25, 0.3) is 0 Å². The molecule has 5 rings (SSSR count). The van der Waals surface area contributed by atoms with Gasteiger partial charge in [-0.1, -0.05) is 77.1 Å². The SMILES string of the molecule is CC1c2cccnc2-c2ccc3c(c21)-c1ccccc1C(C)(C)C3(C)C. The van der Waals surface area contributed by atoms with Crippen LogP contribution in [0.15, 0.2) is 54.7 Å². The van der Waals surface area contributed by atoms with Gasteiger partial charge in [0.15, 0.2) is 0 Å². The van der Waals surface area contributed by atoms with Crippen molar-refractivity contribution >= 4 is 0 Å². The lowest BCUT2D eigenvalue weighted by molar-refractivity contribution is 0.299. The Labute approximate surface area is 156 Å². The van der Waals surface area contributed by atoms with E-state index in [1.54, 1.807) is 0 Å². The molecular formula is C25H25N. The highest BCUT2D eigenvalue weighted by molar-refractivity contribution is 5.89. The van der Waals surface area contributed by atoms with Gasteiger partial charge in [-0.15, -0.1) is 0 Å². The number of fused-ring (bicyclic) bond motifs is 7. The van der Waals surface area contributed by atoms with Crippen LogP contribution in [0.5, 0.6) is 0 Å². The van der Waals surface area contributed by atoms with Crippen molar-refractivity contribution < 1.29 is 0 Å². The largest absolute Gasteiger partial charge is 0.256 e. The first kappa shape index (κ1) is 15.8. The Morgan fingerprint density at radius 3 is 2.31 bits per heavy atom. The van der Waals surface area contributed by atoms with E-state index in [1.807, 2.05) is 6.20 Å². The van der Waals surface area contributed by atoms with E-state index in [4.69, 9.17) is 4.98 Å². The van der Waals surface area contributed by atoms with Crippen molar-refractivity contribution in [1.82, 2.24) is 4.98 Å². The molecule has 0 aliphatic heterocycles. The molecule has 3 aromatic rings. The fourth-order valence-corrected chi connectivity index (χ4v) is 5.15. The van der Waals surface area contributed by atoms with Crippen molar-refractivity contribution in [3.05, 3.63) is 77.0 Å². The van der Waals surface area contributed by atoms with Crippen LogP contribution in [-0.2, 0) is 10.8 Å². The molecule has 2 aliphatic rings. The molecule has 1 unspecified atom stereocenters. The molecule has 0 spiro atoms. The zero-order valence-corrected chi connectivity index (χ0v) is 16.2. The maximum absolute atomic E-state index is 4.72. The first-order chi connectivity index (χ1) is 12.4. The Balaban J connectivity index is 1.92. The third kappa shape index (κ3) is 1.69. The first-order valence-corrected chi connectivity index (χ1v) is 9.58. The third-order valence-corrected chi connectivity index (χ3v) is 7.34. The molecule has 1 heterocycles. The summed E-state index contributed by atoms with van der Waals surface area (Å²) in [5.41, 5.74) is 11.2. The highest BCUT2D eigenvalue weighted by Crippen LogP contribution is 2.58. The summed E-state index contributed by atoms with van der Waals surface area (Å²) in [4.78, 5) is 4.72. The van der Waals surface area contributed by atoms with Gasteiger partial charge < -0.3 is 0 Å². The molecule has 2 aromatic carbocycles. The van der Waals surface area contributed by atoms with Crippen LogP contribution in [0.3, 0.4) is 0 Å². The number of nitrogens with zero attached hydrogens (tertiary/aromatic N) is 1. The second-order valence-corrected chi connectivity index (χ2v) is 8.91. The van der Waals surface area contributed by atoms with Crippen LogP contribution in [-0.4, -0.2) is 4.98 Å². The number of hydrogen-bond acceptors (Lipinski definition) is 1. The van der Waals surface area contributed by atoms with Crippen molar-refractivity contribution in [3.63, 3.8) is 0 Å². The molecule has 1 aromatic heterocycles. The summed E-state index contributed by atoms with van der Waals surface area (Å²) in [6.07, 6.45) is 1.92.